The summed E-state index contributed by atoms with van der Waals surface area (Å²) in [7, 11) is -3.60. The fourth-order valence-electron chi connectivity index (χ4n) is 3.98. The topological polar surface area (TPSA) is 87.7 Å². The molecule has 2 aromatic heterocycles. The third kappa shape index (κ3) is 6.44. The van der Waals surface area contributed by atoms with Gasteiger partial charge in [-0.2, -0.15) is 0 Å². The number of aromatic nitrogens is 3. The lowest BCUT2D eigenvalue weighted by molar-refractivity contribution is 0.581. The molecule has 0 aliphatic carbocycles. The smallest absolute Gasteiger partial charge is 0.240 e. The molecule has 0 unspecified atom stereocenters. The summed E-state index contributed by atoms with van der Waals surface area (Å²) in [6, 6.07) is 21.0. The Labute approximate surface area is 207 Å². The third-order valence-corrected chi connectivity index (χ3v) is 7.46. The maximum absolute atomic E-state index is 12.9. The number of H-pyrrole nitrogens is 1. The average Bonchev–Trinajstić information content (AvgIpc) is 3.29. The van der Waals surface area contributed by atoms with Gasteiger partial charge in [0.05, 0.1) is 10.6 Å². The Morgan fingerprint density at radius 1 is 0.886 bits per heavy atom. The first-order valence-corrected chi connectivity index (χ1v) is 13.6. The average molecular weight is 489 g/mol. The predicted molar refractivity (Wildman–Crippen MR) is 141 cm³/mol. The molecule has 0 radical (unpaired) electrons. The van der Waals surface area contributed by atoms with Crippen molar-refractivity contribution in [3.05, 3.63) is 89.9 Å². The Balaban J connectivity index is 1.48. The summed E-state index contributed by atoms with van der Waals surface area (Å²) in [4.78, 5) is 12.9. The minimum absolute atomic E-state index is 0.253. The van der Waals surface area contributed by atoms with E-state index >= 15 is 0 Å². The maximum Gasteiger partial charge on any atom is 0.240 e. The number of nitrogens with zero attached hydrogens (tertiary/aromatic N) is 2. The highest BCUT2D eigenvalue weighted by molar-refractivity contribution is 7.89. The van der Waals surface area contributed by atoms with Crippen molar-refractivity contribution in [2.24, 2.45) is 0 Å². The van der Waals surface area contributed by atoms with Gasteiger partial charge in [0.15, 0.2) is 0 Å². The van der Waals surface area contributed by atoms with E-state index in [1.165, 1.54) is 18.4 Å². The maximum atomic E-state index is 12.9. The van der Waals surface area contributed by atoms with Crippen LogP contribution in [0.3, 0.4) is 0 Å². The van der Waals surface area contributed by atoms with Crippen LogP contribution in [0.2, 0.25) is 0 Å². The lowest BCUT2D eigenvalue weighted by atomic mass is 10.1. The normalized spacial score (nSPS) is 11.6. The molecule has 6 nitrogen and oxygen atoms in total. The van der Waals surface area contributed by atoms with Gasteiger partial charge < -0.3 is 4.98 Å². The Morgan fingerprint density at radius 2 is 1.66 bits per heavy atom. The Kier molecular flexibility index (Phi) is 8.10. The minimum atomic E-state index is -3.60. The molecule has 35 heavy (non-hydrogen) atoms. The fourth-order valence-corrected chi connectivity index (χ4v) is 5.01. The summed E-state index contributed by atoms with van der Waals surface area (Å²) in [5.41, 5.74) is 5.61. The van der Waals surface area contributed by atoms with Crippen molar-refractivity contribution >= 4 is 10.0 Å². The molecule has 2 aromatic carbocycles. The van der Waals surface area contributed by atoms with E-state index in [0.29, 0.717) is 6.42 Å². The van der Waals surface area contributed by atoms with Gasteiger partial charge in [-0.3, -0.25) is 4.98 Å². The molecule has 0 fully saturated rings. The van der Waals surface area contributed by atoms with Gasteiger partial charge in [-0.05, 0) is 49.6 Å². The lowest BCUT2D eigenvalue weighted by Crippen LogP contribution is -2.26. The molecule has 2 heterocycles. The number of rotatable bonds is 11. The molecule has 7 heteroatoms. The molecule has 0 saturated heterocycles. The number of pyridine rings is 1. The van der Waals surface area contributed by atoms with Crippen molar-refractivity contribution in [1.82, 2.24) is 19.7 Å². The van der Waals surface area contributed by atoms with Gasteiger partial charge in [0, 0.05) is 41.7 Å². The number of aryl methyl sites for hydroxylation is 2. The van der Waals surface area contributed by atoms with E-state index in [4.69, 9.17) is 4.98 Å². The quantitative estimate of drug-likeness (QED) is 0.265. The number of nitrogens with one attached hydrogen (secondary N) is 2. The molecular weight excluding hydrogens is 456 g/mol. The zero-order valence-electron chi connectivity index (χ0n) is 20.3. The number of sulfonamides is 1. The van der Waals surface area contributed by atoms with E-state index in [9.17, 15) is 8.42 Å². The van der Waals surface area contributed by atoms with E-state index in [1.54, 1.807) is 18.3 Å². The zero-order valence-corrected chi connectivity index (χ0v) is 21.1. The van der Waals surface area contributed by atoms with Crippen LogP contribution >= 0.6 is 0 Å². The summed E-state index contributed by atoms with van der Waals surface area (Å²) in [6.07, 6.45) is 6.72. The molecule has 2 N–H and O–H groups in total. The predicted octanol–water partition coefficient (Wildman–Crippen LogP) is 5.70. The fraction of sp³-hybridized carbons (Fsp3) is 0.286. The van der Waals surface area contributed by atoms with E-state index in [1.807, 2.05) is 61.5 Å². The number of imidazole rings is 1. The van der Waals surface area contributed by atoms with Gasteiger partial charge in [0.2, 0.25) is 10.0 Å². The van der Waals surface area contributed by atoms with Crippen molar-refractivity contribution in [3.63, 3.8) is 0 Å². The molecule has 182 valence electrons. The molecule has 0 aliphatic rings. The first-order chi connectivity index (χ1) is 17.0. The summed E-state index contributed by atoms with van der Waals surface area (Å²) in [5, 5.41) is 0. The Hall–Kier alpha value is -3.29. The SMILES string of the molecule is CCCCCc1ccc(S(=O)(=O)NCCc2[nH]c(-c3ccccc3)nc2-c2ccc(C)nc2)cc1. The number of aromatic amines is 1. The van der Waals surface area contributed by atoms with Crippen LogP contribution in [0.1, 0.15) is 43.1 Å². The molecule has 4 aromatic rings. The minimum Gasteiger partial charge on any atom is -0.341 e. The summed E-state index contributed by atoms with van der Waals surface area (Å²) >= 11 is 0. The van der Waals surface area contributed by atoms with Gasteiger partial charge in [-0.1, -0.05) is 62.2 Å². The van der Waals surface area contributed by atoms with Gasteiger partial charge in [0.25, 0.3) is 0 Å². The molecule has 0 spiro atoms. The first kappa shape index (κ1) is 24.8. The van der Waals surface area contributed by atoms with Crippen molar-refractivity contribution in [2.45, 2.75) is 50.8 Å². The molecule has 4 rings (SSSR count). The second-order valence-electron chi connectivity index (χ2n) is 8.72. The zero-order chi connectivity index (χ0) is 24.7. The monoisotopic (exact) mass is 488 g/mol. The van der Waals surface area contributed by atoms with Crippen LogP contribution < -0.4 is 4.72 Å². The molecule has 0 amide bonds. The second-order valence-corrected chi connectivity index (χ2v) is 10.5. The number of benzene rings is 2. The number of hydrogen-bond acceptors (Lipinski definition) is 4. The van der Waals surface area contributed by atoms with Crippen LogP contribution in [-0.4, -0.2) is 29.9 Å². The number of hydrogen-bond donors (Lipinski definition) is 2. The molecule has 0 aliphatic heterocycles. The second kappa shape index (κ2) is 11.4. The highest BCUT2D eigenvalue weighted by atomic mass is 32.2. The van der Waals surface area contributed by atoms with Gasteiger partial charge in [-0.15, -0.1) is 0 Å². The van der Waals surface area contributed by atoms with Crippen LogP contribution in [0.25, 0.3) is 22.6 Å². The molecule has 0 atom stereocenters. The van der Waals surface area contributed by atoms with Crippen LogP contribution in [0.5, 0.6) is 0 Å². The van der Waals surface area contributed by atoms with Crippen molar-refractivity contribution < 1.29 is 8.42 Å². The van der Waals surface area contributed by atoms with Crippen LogP contribution in [0.4, 0.5) is 0 Å². The van der Waals surface area contributed by atoms with Crippen LogP contribution in [0, 0.1) is 6.92 Å². The Bertz CT molecular complexity index is 1330. The lowest BCUT2D eigenvalue weighted by Gasteiger charge is -2.08. The summed E-state index contributed by atoms with van der Waals surface area (Å²) < 4.78 is 28.5. The molecule has 0 saturated carbocycles. The standard InChI is InChI=1S/C28H32N4O2S/c1-3-4-6-9-22-13-16-25(17-14-22)35(33,34)30-19-18-26-27(24-15-12-21(2)29-20-24)32-28(31-26)23-10-7-5-8-11-23/h5,7-8,10-17,20,30H,3-4,6,9,18-19H2,1-2H3,(H,31,32). The van der Waals surface area contributed by atoms with Crippen molar-refractivity contribution in [2.75, 3.05) is 6.54 Å². The largest absolute Gasteiger partial charge is 0.341 e. The molecular formula is C28H32N4O2S. The van der Waals surface area contributed by atoms with Gasteiger partial charge in [0.1, 0.15) is 5.82 Å². The summed E-state index contributed by atoms with van der Waals surface area (Å²) in [6.45, 7) is 4.37. The van der Waals surface area contributed by atoms with Gasteiger partial charge in [-0.25, -0.2) is 18.1 Å². The summed E-state index contributed by atoms with van der Waals surface area (Å²) in [5.74, 6) is 0.748. The van der Waals surface area contributed by atoms with E-state index < -0.39 is 10.0 Å². The van der Waals surface area contributed by atoms with Crippen molar-refractivity contribution in [3.8, 4) is 22.6 Å². The van der Waals surface area contributed by atoms with E-state index in [0.717, 1.165) is 46.9 Å². The first-order valence-electron chi connectivity index (χ1n) is 12.1. The highest BCUT2D eigenvalue weighted by Crippen LogP contribution is 2.26. The third-order valence-electron chi connectivity index (χ3n) is 5.98. The van der Waals surface area contributed by atoms with Gasteiger partial charge >= 0.3 is 0 Å². The van der Waals surface area contributed by atoms with Crippen LogP contribution in [-0.2, 0) is 22.9 Å². The highest BCUT2D eigenvalue weighted by Gasteiger charge is 2.17. The molecule has 0 bridgehead atoms. The van der Waals surface area contributed by atoms with E-state index in [2.05, 4.69) is 21.6 Å². The number of unbranched alkanes of at least 4 members (excludes halogenated alkanes) is 2. The van der Waals surface area contributed by atoms with Crippen molar-refractivity contribution in [1.29, 1.82) is 0 Å². The van der Waals surface area contributed by atoms with E-state index in [-0.39, 0.29) is 11.4 Å². The van der Waals surface area contributed by atoms with Crippen LogP contribution in [0.15, 0.2) is 77.8 Å². The Morgan fingerprint density at radius 3 is 2.34 bits per heavy atom.